The van der Waals surface area contributed by atoms with Gasteiger partial charge in [0.2, 0.25) is 0 Å². The minimum absolute atomic E-state index is 0.395. The van der Waals surface area contributed by atoms with E-state index in [1.807, 2.05) is 0 Å². The second-order valence-corrected chi connectivity index (χ2v) is 6.67. The lowest BCUT2D eigenvalue weighted by Gasteiger charge is -2.35. The Morgan fingerprint density at radius 2 is 2.05 bits per heavy atom. The molecule has 0 spiro atoms. The molecule has 2 heterocycles. The first-order valence-electron chi connectivity index (χ1n) is 7.56. The molecule has 0 aliphatic carbocycles. The first-order chi connectivity index (χ1) is 10.0. The number of nitrogens with one attached hydrogen (secondary N) is 2. The van der Waals surface area contributed by atoms with Gasteiger partial charge in [-0.2, -0.15) is 0 Å². The van der Waals surface area contributed by atoms with Crippen LogP contribution in [0.1, 0.15) is 26.7 Å². The van der Waals surface area contributed by atoms with E-state index in [0.717, 1.165) is 38.3 Å². The van der Waals surface area contributed by atoms with Crippen LogP contribution in [0.15, 0.2) is 6.07 Å². The predicted molar refractivity (Wildman–Crippen MR) is 91.7 cm³/mol. The fraction of sp³-hybridized carbons (Fsp3) is 0.667. The van der Waals surface area contributed by atoms with E-state index in [2.05, 4.69) is 41.4 Å². The second-order valence-electron chi connectivity index (χ2n) is 5.86. The summed E-state index contributed by atoms with van der Waals surface area (Å²) in [5.41, 5.74) is 0. The number of nitrogens with zero attached hydrogens (tertiary/aromatic N) is 2. The molecule has 21 heavy (non-hydrogen) atoms. The van der Waals surface area contributed by atoms with Crippen molar-refractivity contribution < 1.29 is 0 Å². The van der Waals surface area contributed by atoms with Gasteiger partial charge in [-0.3, -0.25) is 0 Å². The highest BCUT2D eigenvalue weighted by atomic mass is 35.5. The molecule has 1 aromatic rings. The third kappa shape index (κ3) is 4.38. The highest BCUT2D eigenvalue weighted by Gasteiger charge is 2.25. The molecule has 1 aromatic heterocycles. The number of pyridine rings is 1. The highest BCUT2D eigenvalue weighted by molar-refractivity contribution is 6.37. The zero-order valence-corrected chi connectivity index (χ0v) is 14.4. The van der Waals surface area contributed by atoms with Crippen molar-refractivity contribution in [3.63, 3.8) is 0 Å². The van der Waals surface area contributed by atoms with Gasteiger partial charge in [0.15, 0.2) is 0 Å². The topological polar surface area (TPSA) is 40.2 Å². The molecule has 118 valence electrons. The molecule has 2 N–H and O–H groups in total. The van der Waals surface area contributed by atoms with Crippen LogP contribution in [0.25, 0.3) is 0 Å². The van der Waals surface area contributed by atoms with Crippen molar-refractivity contribution in [2.45, 2.75) is 32.7 Å². The Labute approximate surface area is 137 Å². The molecule has 6 heteroatoms. The van der Waals surface area contributed by atoms with Crippen LogP contribution in [0.2, 0.25) is 10.0 Å². The van der Waals surface area contributed by atoms with Crippen LogP contribution in [0, 0.1) is 5.92 Å². The van der Waals surface area contributed by atoms with Crippen LogP contribution in [0.3, 0.4) is 0 Å². The van der Waals surface area contributed by atoms with Gasteiger partial charge in [0.05, 0.1) is 10.0 Å². The van der Waals surface area contributed by atoms with Gasteiger partial charge >= 0.3 is 0 Å². The molecular formula is C15H24Cl2N4. The van der Waals surface area contributed by atoms with E-state index in [-0.39, 0.29) is 0 Å². The summed E-state index contributed by atoms with van der Waals surface area (Å²) in [6, 6.07) is 2.15. The zero-order chi connectivity index (χ0) is 15.4. The molecule has 1 fully saturated rings. The van der Waals surface area contributed by atoms with Gasteiger partial charge in [0.1, 0.15) is 11.6 Å². The highest BCUT2D eigenvalue weighted by Crippen LogP contribution is 2.31. The largest absolute Gasteiger partial charge is 0.369 e. The molecule has 1 saturated heterocycles. The first kappa shape index (κ1) is 16.7. The van der Waals surface area contributed by atoms with Crippen LogP contribution < -0.4 is 10.6 Å². The quantitative estimate of drug-likeness (QED) is 0.857. The van der Waals surface area contributed by atoms with Crippen LogP contribution >= 0.6 is 23.2 Å². The standard InChI is InChI=1S/C15H24Cl2N4/c1-4-6-18-14-11(16)8-12(17)15(20-14)19-13-5-7-21(3)9-10(13)2/h8,10,13H,4-7,9H2,1-3H3,(H2,18,19,20). The van der Waals surface area contributed by atoms with E-state index in [0.29, 0.717) is 27.8 Å². The fourth-order valence-electron chi connectivity index (χ4n) is 2.68. The average Bonchev–Trinajstić information content (AvgIpc) is 2.43. The summed E-state index contributed by atoms with van der Waals surface area (Å²) in [5, 5.41) is 7.87. The molecule has 0 radical (unpaired) electrons. The zero-order valence-electron chi connectivity index (χ0n) is 12.9. The van der Waals surface area contributed by atoms with Gasteiger partial charge in [-0.25, -0.2) is 4.98 Å². The SMILES string of the molecule is CCCNc1nc(NC2CCN(C)CC2C)c(Cl)cc1Cl. The summed E-state index contributed by atoms with van der Waals surface area (Å²) in [5.74, 6) is 1.98. The maximum atomic E-state index is 6.28. The Morgan fingerprint density at radius 1 is 1.33 bits per heavy atom. The lowest BCUT2D eigenvalue weighted by molar-refractivity contribution is 0.206. The molecule has 0 amide bonds. The van der Waals surface area contributed by atoms with Gasteiger partial charge in [-0.1, -0.05) is 37.0 Å². The number of anilines is 2. The van der Waals surface area contributed by atoms with Gasteiger partial charge in [-0.05, 0) is 38.4 Å². The summed E-state index contributed by atoms with van der Waals surface area (Å²) in [7, 11) is 2.16. The molecule has 1 aliphatic heterocycles. The Bertz CT molecular complexity index is 481. The van der Waals surface area contributed by atoms with Crippen LogP contribution in [-0.4, -0.2) is 42.6 Å². The fourth-order valence-corrected chi connectivity index (χ4v) is 3.16. The molecule has 2 atom stereocenters. The number of rotatable bonds is 5. The minimum atomic E-state index is 0.395. The Hall–Kier alpha value is -0.710. The molecule has 4 nitrogen and oxygen atoms in total. The average molecular weight is 331 g/mol. The van der Waals surface area contributed by atoms with Gasteiger partial charge in [0.25, 0.3) is 0 Å². The van der Waals surface area contributed by atoms with Crippen molar-refractivity contribution in [3.05, 3.63) is 16.1 Å². The van der Waals surface area contributed by atoms with Crippen LogP contribution in [-0.2, 0) is 0 Å². The van der Waals surface area contributed by atoms with Crippen molar-refractivity contribution in [1.29, 1.82) is 0 Å². The summed E-state index contributed by atoms with van der Waals surface area (Å²) in [6.45, 7) is 7.39. The lowest BCUT2D eigenvalue weighted by atomic mass is 9.94. The monoisotopic (exact) mass is 330 g/mol. The van der Waals surface area contributed by atoms with E-state index in [4.69, 9.17) is 23.2 Å². The lowest BCUT2D eigenvalue weighted by Crippen LogP contribution is -2.43. The van der Waals surface area contributed by atoms with E-state index in [1.165, 1.54) is 0 Å². The summed E-state index contributed by atoms with van der Waals surface area (Å²) >= 11 is 12.5. The molecule has 2 unspecified atom stereocenters. The van der Waals surface area contributed by atoms with E-state index < -0.39 is 0 Å². The van der Waals surface area contributed by atoms with Gasteiger partial charge in [0, 0.05) is 19.1 Å². The number of likely N-dealkylation sites (tertiary alicyclic amines) is 1. The third-order valence-corrected chi connectivity index (χ3v) is 4.48. The molecule has 0 saturated carbocycles. The molecule has 0 aromatic carbocycles. The smallest absolute Gasteiger partial charge is 0.147 e. The van der Waals surface area contributed by atoms with E-state index in [9.17, 15) is 0 Å². The molecular weight excluding hydrogens is 307 g/mol. The first-order valence-corrected chi connectivity index (χ1v) is 8.31. The van der Waals surface area contributed by atoms with Crippen molar-refractivity contribution >= 4 is 34.8 Å². The number of piperidine rings is 1. The molecule has 1 aliphatic rings. The maximum Gasteiger partial charge on any atom is 0.147 e. The maximum absolute atomic E-state index is 6.28. The summed E-state index contributed by atoms with van der Waals surface area (Å²) in [4.78, 5) is 6.91. The van der Waals surface area contributed by atoms with Crippen molar-refractivity contribution in [2.24, 2.45) is 5.92 Å². The van der Waals surface area contributed by atoms with Crippen molar-refractivity contribution in [2.75, 3.05) is 37.3 Å². The Balaban J connectivity index is 2.11. The second kappa shape index (κ2) is 7.52. The summed E-state index contributed by atoms with van der Waals surface area (Å²) in [6.07, 6.45) is 2.12. The van der Waals surface area contributed by atoms with Crippen molar-refractivity contribution in [3.8, 4) is 0 Å². The third-order valence-electron chi connectivity index (χ3n) is 3.90. The predicted octanol–water partition coefficient (Wildman–Crippen LogP) is 3.96. The Kier molecular flexibility index (Phi) is 5.97. The summed E-state index contributed by atoms with van der Waals surface area (Å²) < 4.78 is 0. The van der Waals surface area contributed by atoms with Crippen molar-refractivity contribution in [1.82, 2.24) is 9.88 Å². The van der Waals surface area contributed by atoms with Crippen LogP contribution in [0.4, 0.5) is 11.6 Å². The van der Waals surface area contributed by atoms with Gasteiger partial charge < -0.3 is 15.5 Å². The number of halogens is 2. The van der Waals surface area contributed by atoms with E-state index in [1.54, 1.807) is 6.07 Å². The van der Waals surface area contributed by atoms with Crippen LogP contribution in [0.5, 0.6) is 0 Å². The normalized spacial score (nSPS) is 23.1. The molecule has 0 bridgehead atoms. The molecule has 2 rings (SSSR count). The number of hydrogen-bond acceptors (Lipinski definition) is 4. The number of aromatic nitrogens is 1. The minimum Gasteiger partial charge on any atom is -0.369 e. The number of hydrogen-bond donors (Lipinski definition) is 2. The van der Waals surface area contributed by atoms with Gasteiger partial charge in [-0.15, -0.1) is 0 Å². The Morgan fingerprint density at radius 3 is 2.71 bits per heavy atom. The van der Waals surface area contributed by atoms with E-state index >= 15 is 0 Å².